The molecule has 1 nitrogen and oxygen atoms in total. The molecule has 0 spiro atoms. The van der Waals surface area contributed by atoms with Gasteiger partial charge < -0.3 is 5.32 Å². The highest BCUT2D eigenvalue weighted by Crippen LogP contribution is 2.29. The molecule has 0 heterocycles. The monoisotopic (exact) mass is 293 g/mol. The molecule has 4 heteroatoms. The molecule has 0 radical (unpaired) electrons. The summed E-state index contributed by atoms with van der Waals surface area (Å²) in [6, 6.07) is 11.7. The molecular formula is C17H18F3N. The molecule has 0 amide bonds. The van der Waals surface area contributed by atoms with E-state index >= 15 is 0 Å². The van der Waals surface area contributed by atoms with Crippen molar-refractivity contribution >= 4 is 0 Å². The third kappa shape index (κ3) is 4.60. The van der Waals surface area contributed by atoms with Gasteiger partial charge in [-0.25, -0.2) is 0 Å². The van der Waals surface area contributed by atoms with Crippen molar-refractivity contribution < 1.29 is 13.2 Å². The van der Waals surface area contributed by atoms with Crippen LogP contribution in [0.2, 0.25) is 0 Å². The molecule has 2 aromatic rings. The van der Waals surface area contributed by atoms with E-state index in [-0.39, 0.29) is 0 Å². The van der Waals surface area contributed by atoms with E-state index in [1.54, 1.807) is 6.07 Å². The molecule has 0 aliphatic rings. The quantitative estimate of drug-likeness (QED) is 0.868. The number of alkyl halides is 3. The van der Waals surface area contributed by atoms with Crippen LogP contribution in [0, 0.1) is 13.8 Å². The molecule has 0 fully saturated rings. The van der Waals surface area contributed by atoms with Gasteiger partial charge in [-0.1, -0.05) is 47.5 Å². The molecule has 0 saturated heterocycles. The maximum atomic E-state index is 12.6. The highest BCUT2D eigenvalue weighted by molar-refractivity contribution is 5.29. The highest BCUT2D eigenvalue weighted by Gasteiger charge is 2.30. The van der Waals surface area contributed by atoms with Crippen molar-refractivity contribution in [3.05, 3.63) is 70.3 Å². The van der Waals surface area contributed by atoms with Crippen molar-refractivity contribution in [2.45, 2.75) is 33.1 Å². The minimum absolute atomic E-state index is 0.414. The molecule has 0 aliphatic carbocycles. The zero-order chi connectivity index (χ0) is 15.5. The maximum Gasteiger partial charge on any atom is 0.416 e. The van der Waals surface area contributed by atoms with E-state index in [1.807, 2.05) is 13.8 Å². The Morgan fingerprint density at radius 3 is 2.10 bits per heavy atom. The molecule has 2 rings (SSSR count). The van der Waals surface area contributed by atoms with Crippen LogP contribution in [-0.2, 0) is 19.3 Å². The summed E-state index contributed by atoms with van der Waals surface area (Å²) in [4.78, 5) is 0. The summed E-state index contributed by atoms with van der Waals surface area (Å²) >= 11 is 0. The molecule has 0 saturated carbocycles. The number of benzene rings is 2. The van der Waals surface area contributed by atoms with Crippen molar-refractivity contribution in [2.75, 3.05) is 0 Å². The normalized spacial score (nSPS) is 11.7. The Bertz CT molecular complexity index is 597. The van der Waals surface area contributed by atoms with Crippen molar-refractivity contribution in [3.63, 3.8) is 0 Å². The van der Waals surface area contributed by atoms with E-state index in [9.17, 15) is 13.2 Å². The van der Waals surface area contributed by atoms with Gasteiger partial charge in [0.15, 0.2) is 0 Å². The first-order chi connectivity index (χ1) is 9.84. The summed E-state index contributed by atoms with van der Waals surface area (Å²) in [7, 11) is 0. The average Bonchev–Trinajstić information content (AvgIpc) is 2.37. The van der Waals surface area contributed by atoms with Gasteiger partial charge in [0, 0.05) is 13.1 Å². The lowest BCUT2D eigenvalue weighted by molar-refractivity contribution is -0.137. The summed E-state index contributed by atoms with van der Waals surface area (Å²) in [5.41, 5.74) is 3.54. The Morgan fingerprint density at radius 2 is 1.48 bits per heavy atom. The molecule has 0 atom stereocenters. The number of hydrogen-bond donors (Lipinski definition) is 1. The number of aryl methyl sites for hydroxylation is 2. The van der Waals surface area contributed by atoms with Crippen LogP contribution in [0.3, 0.4) is 0 Å². The van der Waals surface area contributed by atoms with E-state index in [4.69, 9.17) is 0 Å². The molecular weight excluding hydrogens is 275 g/mol. The van der Waals surface area contributed by atoms with Crippen LogP contribution in [0.15, 0.2) is 42.5 Å². The summed E-state index contributed by atoms with van der Waals surface area (Å²) in [6.07, 6.45) is -4.29. The molecule has 0 aliphatic heterocycles. The van der Waals surface area contributed by atoms with Crippen LogP contribution < -0.4 is 5.32 Å². The standard InChI is InChI=1S/C17H18F3N/c1-12-6-13(2)8-15(7-12)11-21-10-14-4-3-5-16(9-14)17(18,19)20/h3-9,21H,10-11H2,1-2H3. The molecule has 0 aromatic heterocycles. The van der Waals surface area contributed by atoms with Crippen LogP contribution in [0.5, 0.6) is 0 Å². The first kappa shape index (κ1) is 15.6. The third-order valence-electron chi connectivity index (χ3n) is 3.19. The third-order valence-corrected chi connectivity index (χ3v) is 3.19. The number of halogens is 3. The van der Waals surface area contributed by atoms with Crippen LogP contribution in [0.25, 0.3) is 0 Å². The minimum atomic E-state index is -4.29. The van der Waals surface area contributed by atoms with Crippen LogP contribution in [0.1, 0.15) is 27.8 Å². The molecule has 21 heavy (non-hydrogen) atoms. The zero-order valence-corrected chi connectivity index (χ0v) is 12.1. The van der Waals surface area contributed by atoms with E-state index < -0.39 is 11.7 Å². The smallest absolute Gasteiger partial charge is 0.309 e. The Hall–Kier alpha value is -1.81. The van der Waals surface area contributed by atoms with Crippen LogP contribution >= 0.6 is 0 Å². The molecule has 2 aromatic carbocycles. The fourth-order valence-corrected chi connectivity index (χ4v) is 2.38. The van der Waals surface area contributed by atoms with Gasteiger partial charge in [-0.05, 0) is 31.0 Å². The lowest BCUT2D eigenvalue weighted by atomic mass is 10.1. The minimum Gasteiger partial charge on any atom is -0.309 e. The summed E-state index contributed by atoms with van der Waals surface area (Å²) in [5, 5.41) is 3.18. The Balaban J connectivity index is 1.97. The first-order valence-electron chi connectivity index (χ1n) is 6.78. The second-order valence-electron chi connectivity index (χ2n) is 5.30. The lowest BCUT2D eigenvalue weighted by Crippen LogP contribution is -2.14. The van der Waals surface area contributed by atoms with Crippen molar-refractivity contribution in [1.82, 2.24) is 5.32 Å². The van der Waals surface area contributed by atoms with Crippen molar-refractivity contribution in [2.24, 2.45) is 0 Å². The maximum absolute atomic E-state index is 12.6. The second kappa shape index (κ2) is 6.31. The van der Waals surface area contributed by atoms with Gasteiger partial charge in [-0.2, -0.15) is 13.2 Å². The largest absolute Gasteiger partial charge is 0.416 e. The van der Waals surface area contributed by atoms with Gasteiger partial charge in [0.1, 0.15) is 0 Å². The Kier molecular flexibility index (Phi) is 4.68. The molecule has 0 bridgehead atoms. The predicted octanol–water partition coefficient (Wildman–Crippen LogP) is 4.61. The summed E-state index contributed by atoms with van der Waals surface area (Å²) < 4.78 is 37.9. The number of nitrogens with one attached hydrogen (secondary N) is 1. The Morgan fingerprint density at radius 1 is 0.857 bits per heavy atom. The van der Waals surface area contributed by atoms with Gasteiger partial charge in [0.25, 0.3) is 0 Å². The fourth-order valence-electron chi connectivity index (χ4n) is 2.38. The lowest BCUT2D eigenvalue weighted by Gasteiger charge is -2.10. The van der Waals surface area contributed by atoms with Gasteiger partial charge >= 0.3 is 6.18 Å². The number of hydrogen-bond acceptors (Lipinski definition) is 1. The van der Waals surface area contributed by atoms with Crippen LogP contribution in [-0.4, -0.2) is 0 Å². The van der Waals surface area contributed by atoms with Gasteiger partial charge in [0.05, 0.1) is 5.56 Å². The van der Waals surface area contributed by atoms with Crippen molar-refractivity contribution in [3.8, 4) is 0 Å². The van der Waals surface area contributed by atoms with E-state index in [0.717, 1.165) is 11.6 Å². The molecule has 0 unspecified atom stereocenters. The first-order valence-corrected chi connectivity index (χ1v) is 6.78. The molecule has 112 valence electrons. The van der Waals surface area contributed by atoms with Gasteiger partial charge in [-0.3, -0.25) is 0 Å². The van der Waals surface area contributed by atoms with Crippen LogP contribution in [0.4, 0.5) is 13.2 Å². The van der Waals surface area contributed by atoms with Gasteiger partial charge in [-0.15, -0.1) is 0 Å². The number of rotatable bonds is 4. The predicted molar refractivity (Wildman–Crippen MR) is 77.9 cm³/mol. The highest BCUT2D eigenvalue weighted by atomic mass is 19.4. The van der Waals surface area contributed by atoms with E-state index in [0.29, 0.717) is 18.7 Å². The second-order valence-corrected chi connectivity index (χ2v) is 5.30. The van der Waals surface area contributed by atoms with E-state index in [1.165, 1.54) is 23.3 Å². The van der Waals surface area contributed by atoms with Gasteiger partial charge in [0.2, 0.25) is 0 Å². The zero-order valence-electron chi connectivity index (χ0n) is 12.1. The van der Waals surface area contributed by atoms with E-state index in [2.05, 4.69) is 23.5 Å². The SMILES string of the molecule is Cc1cc(C)cc(CNCc2cccc(C(F)(F)F)c2)c1. The van der Waals surface area contributed by atoms with Crippen molar-refractivity contribution in [1.29, 1.82) is 0 Å². The summed E-state index contributed by atoms with van der Waals surface area (Å²) in [5.74, 6) is 0. The molecule has 1 N–H and O–H groups in total. The summed E-state index contributed by atoms with van der Waals surface area (Å²) in [6.45, 7) is 5.11. The fraction of sp³-hybridized carbons (Fsp3) is 0.294. The Labute approximate surface area is 122 Å². The topological polar surface area (TPSA) is 12.0 Å². The average molecular weight is 293 g/mol.